The zero-order chi connectivity index (χ0) is 17.3. The van der Waals surface area contributed by atoms with Gasteiger partial charge >= 0.3 is 0 Å². The average molecular weight is 350 g/mol. The van der Waals surface area contributed by atoms with Crippen LogP contribution in [0.25, 0.3) is 5.52 Å². The van der Waals surface area contributed by atoms with Crippen molar-refractivity contribution in [1.29, 1.82) is 0 Å². The minimum Gasteiger partial charge on any atom is -0.354 e. The van der Waals surface area contributed by atoms with Gasteiger partial charge in [-0.3, -0.25) is 0 Å². The van der Waals surface area contributed by atoms with E-state index >= 15 is 0 Å². The molecule has 2 fully saturated rings. The van der Waals surface area contributed by atoms with Crippen LogP contribution in [0.3, 0.4) is 0 Å². The number of hydrogen-bond donors (Lipinski definition) is 1. The van der Waals surface area contributed by atoms with Gasteiger partial charge in [-0.2, -0.15) is 17.8 Å². The van der Waals surface area contributed by atoms with E-state index in [2.05, 4.69) is 21.9 Å². The number of rotatable bonds is 3. The summed E-state index contributed by atoms with van der Waals surface area (Å²) in [5.41, 5.74) is 2.40. The molecule has 0 bridgehead atoms. The lowest BCUT2D eigenvalue weighted by Gasteiger charge is -2.60. The summed E-state index contributed by atoms with van der Waals surface area (Å²) in [5, 5.41) is 9.63. The molecule has 3 heterocycles. The van der Waals surface area contributed by atoms with Gasteiger partial charge in [0.2, 0.25) is 0 Å². The van der Waals surface area contributed by atoms with E-state index < -0.39 is 10.2 Å². The predicted molar refractivity (Wildman–Crippen MR) is 91.0 cm³/mol. The van der Waals surface area contributed by atoms with Crippen LogP contribution in [0, 0.1) is 19.3 Å². The van der Waals surface area contributed by atoms with Crippen molar-refractivity contribution < 1.29 is 8.42 Å². The molecule has 9 heteroatoms. The van der Waals surface area contributed by atoms with E-state index in [1.165, 1.54) is 4.31 Å². The van der Waals surface area contributed by atoms with Gasteiger partial charge in [-0.05, 0) is 38.3 Å². The van der Waals surface area contributed by atoms with Crippen LogP contribution < -0.4 is 10.0 Å². The number of nitrogens with zero attached hydrogens (tertiary/aromatic N) is 5. The quantitative estimate of drug-likeness (QED) is 0.867. The molecule has 4 rings (SSSR count). The fourth-order valence-electron chi connectivity index (χ4n) is 4.06. The van der Waals surface area contributed by atoms with E-state index in [1.54, 1.807) is 7.05 Å². The van der Waals surface area contributed by atoms with E-state index in [0.717, 1.165) is 48.7 Å². The van der Waals surface area contributed by atoms with Crippen LogP contribution in [0.1, 0.15) is 24.2 Å². The Morgan fingerprint density at radius 2 is 2.00 bits per heavy atom. The zero-order valence-electron chi connectivity index (χ0n) is 14.1. The van der Waals surface area contributed by atoms with Crippen molar-refractivity contribution in [3.63, 3.8) is 0 Å². The first-order chi connectivity index (χ1) is 11.2. The Morgan fingerprint density at radius 1 is 1.33 bits per heavy atom. The highest BCUT2D eigenvalue weighted by Gasteiger charge is 2.55. The maximum Gasteiger partial charge on any atom is 0.276 e. The molecule has 0 radical (unpaired) electrons. The standard InChI is InChI=1S/C15H22N6O2S/c1-10-4-5-21-13(10)14(17-11(2)18-21)20-8-15(9-20)6-12(7-15)19(3)24(16,22)23/h4-5,12H,6-9H2,1-3H3,(H2,16,22,23). The Labute approximate surface area is 141 Å². The third-order valence-corrected chi connectivity index (χ3v) is 6.51. The maximum atomic E-state index is 11.4. The fourth-order valence-corrected chi connectivity index (χ4v) is 4.62. The van der Waals surface area contributed by atoms with E-state index in [9.17, 15) is 8.42 Å². The molecule has 1 saturated carbocycles. The number of fused-ring (bicyclic) bond motifs is 1. The largest absolute Gasteiger partial charge is 0.354 e. The van der Waals surface area contributed by atoms with Crippen LogP contribution >= 0.6 is 0 Å². The molecule has 0 aromatic carbocycles. The molecule has 130 valence electrons. The van der Waals surface area contributed by atoms with Crippen molar-refractivity contribution in [1.82, 2.24) is 18.9 Å². The van der Waals surface area contributed by atoms with Crippen molar-refractivity contribution in [3.05, 3.63) is 23.7 Å². The van der Waals surface area contributed by atoms with Gasteiger partial charge in [-0.15, -0.1) is 0 Å². The van der Waals surface area contributed by atoms with Crippen molar-refractivity contribution in [2.24, 2.45) is 10.6 Å². The Kier molecular flexibility index (Phi) is 3.23. The van der Waals surface area contributed by atoms with Crippen LogP contribution in [0.5, 0.6) is 0 Å². The second kappa shape index (κ2) is 4.90. The topological polar surface area (TPSA) is 96.8 Å². The highest BCUT2D eigenvalue weighted by Crippen LogP contribution is 2.51. The molecule has 2 N–H and O–H groups in total. The SMILES string of the molecule is Cc1nc(N2CC3(CC(N(C)S(N)(=O)=O)C3)C2)c2c(C)ccn2n1. The van der Waals surface area contributed by atoms with E-state index in [1.807, 2.05) is 23.7 Å². The molecule has 2 aliphatic rings. The average Bonchev–Trinajstić information content (AvgIpc) is 2.75. The van der Waals surface area contributed by atoms with Crippen LogP contribution in [0.4, 0.5) is 5.82 Å². The summed E-state index contributed by atoms with van der Waals surface area (Å²) >= 11 is 0. The predicted octanol–water partition coefficient (Wildman–Crippen LogP) is 0.450. The Morgan fingerprint density at radius 3 is 2.62 bits per heavy atom. The van der Waals surface area contributed by atoms with Crippen molar-refractivity contribution >= 4 is 21.5 Å². The zero-order valence-corrected chi connectivity index (χ0v) is 14.9. The van der Waals surface area contributed by atoms with Crippen LogP contribution in [-0.2, 0) is 10.2 Å². The lowest BCUT2D eigenvalue weighted by molar-refractivity contribution is 0.0207. The fraction of sp³-hybridized carbons (Fsp3) is 0.600. The molecule has 2 aromatic rings. The maximum absolute atomic E-state index is 11.4. The van der Waals surface area contributed by atoms with Crippen LogP contribution in [0.15, 0.2) is 12.3 Å². The molecule has 2 aromatic heterocycles. The van der Waals surface area contributed by atoms with Gasteiger partial charge in [0.1, 0.15) is 11.3 Å². The molecule has 1 aliphatic heterocycles. The first kappa shape index (κ1) is 15.8. The highest BCUT2D eigenvalue weighted by atomic mass is 32.2. The summed E-state index contributed by atoms with van der Waals surface area (Å²) < 4.78 is 26.1. The molecule has 0 amide bonds. The van der Waals surface area contributed by atoms with Gasteiger partial charge in [0.05, 0.1) is 0 Å². The monoisotopic (exact) mass is 350 g/mol. The van der Waals surface area contributed by atoms with Crippen molar-refractivity contribution in [2.45, 2.75) is 32.7 Å². The van der Waals surface area contributed by atoms with Crippen LogP contribution in [-0.4, -0.2) is 53.5 Å². The molecular formula is C15H22N6O2S. The second-order valence-electron chi connectivity index (χ2n) is 7.25. The van der Waals surface area contributed by atoms with Crippen LogP contribution in [0.2, 0.25) is 0 Å². The minimum absolute atomic E-state index is 0.0179. The normalized spacial score (nSPS) is 20.6. The van der Waals surface area contributed by atoms with E-state index in [0.29, 0.717) is 0 Å². The molecule has 0 unspecified atom stereocenters. The molecular weight excluding hydrogens is 328 g/mol. The third kappa shape index (κ3) is 2.30. The number of aryl methyl sites for hydroxylation is 2. The highest BCUT2D eigenvalue weighted by molar-refractivity contribution is 7.86. The number of hydrogen-bond acceptors (Lipinski definition) is 5. The summed E-state index contributed by atoms with van der Waals surface area (Å²) in [6, 6.07) is 2.06. The molecule has 1 saturated heterocycles. The lowest BCUT2D eigenvalue weighted by atomic mass is 9.60. The first-order valence-corrected chi connectivity index (χ1v) is 9.52. The Balaban J connectivity index is 1.51. The second-order valence-corrected chi connectivity index (χ2v) is 8.86. The molecule has 8 nitrogen and oxygen atoms in total. The van der Waals surface area contributed by atoms with Crippen molar-refractivity contribution in [2.75, 3.05) is 25.0 Å². The van der Waals surface area contributed by atoms with Gasteiger partial charge in [-0.1, -0.05) is 0 Å². The van der Waals surface area contributed by atoms with E-state index in [-0.39, 0.29) is 11.5 Å². The summed E-state index contributed by atoms with van der Waals surface area (Å²) in [5.74, 6) is 1.72. The summed E-state index contributed by atoms with van der Waals surface area (Å²) in [7, 11) is -2.04. The number of anilines is 1. The van der Waals surface area contributed by atoms with Gasteiger partial charge in [0.15, 0.2) is 5.82 Å². The first-order valence-electron chi connectivity index (χ1n) is 8.02. The Hall–Kier alpha value is -1.71. The lowest BCUT2D eigenvalue weighted by Crippen LogP contribution is -2.67. The van der Waals surface area contributed by atoms with Gasteiger partial charge < -0.3 is 4.90 Å². The summed E-state index contributed by atoms with van der Waals surface area (Å²) in [6.45, 7) is 5.76. The number of nitrogens with two attached hydrogens (primary N) is 1. The molecule has 1 spiro atoms. The molecule has 1 aliphatic carbocycles. The number of aromatic nitrogens is 3. The Bertz CT molecular complexity index is 907. The van der Waals surface area contributed by atoms with Gasteiger partial charge in [0, 0.05) is 37.8 Å². The molecule has 24 heavy (non-hydrogen) atoms. The third-order valence-electron chi connectivity index (χ3n) is 5.41. The molecule has 0 atom stereocenters. The smallest absolute Gasteiger partial charge is 0.276 e. The van der Waals surface area contributed by atoms with Gasteiger partial charge in [-0.25, -0.2) is 14.6 Å². The summed E-state index contributed by atoms with van der Waals surface area (Å²) in [4.78, 5) is 6.91. The van der Waals surface area contributed by atoms with E-state index in [4.69, 9.17) is 5.14 Å². The summed E-state index contributed by atoms with van der Waals surface area (Å²) in [6.07, 6.45) is 3.67. The van der Waals surface area contributed by atoms with Gasteiger partial charge in [0.25, 0.3) is 10.2 Å². The van der Waals surface area contributed by atoms with Crippen molar-refractivity contribution in [3.8, 4) is 0 Å². The minimum atomic E-state index is -3.60.